The molecule has 0 unspecified atom stereocenters. The van der Waals surface area contributed by atoms with Crippen LogP contribution in [0.2, 0.25) is 0 Å². The molecule has 1 fully saturated rings. The van der Waals surface area contributed by atoms with E-state index < -0.39 is 44.9 Å². The van der Waals surface area contributed by atoms with E-state index in [-0.39, 0.29) is 41.1 Å². The lowest BCUT2D eigenvalue weighted by Crippen LogP contribution is -2.54. The monoisotopic (exact) mass is 702 g/mol. The molecule has 2 amide bonds. The number of carbonyl (C=O) groups excluding carboxylic acids is 2. The first-order valence-electron chi connectivity index (χ1n) is 16.3. The molecule has 1 aliphatic carbocycles. The average Bonchev–Trinajstić information content (AvgIpc) is 3.63. The van der Waals surface area contributed by atoms with E-state index in [1.54, 1.807) is 0 Å². The minimum atomic E-state index is -4.59. The minimum absolute atomic E-state index is 0.0583. The Bertz CT molecular complexity index is 1920. The van der Waals surface area contributed by atoms with Gasteiger partial charge in [-0.3, -0.25) is 24.0 Å². The van der Waals surface area contributed by atoms with E-state index in [9.17, 15) is 32.5 Å². The molecule has 50 heavy (non-hydrogen) atoms. The van der Waals surface area contributed by atoms with Gasteiger partial charge in [0.05, 0.1) is 22.6 Å². The molecule has 4 aromatic carbocycles. The predicted octanol–water partition coefficient (Wildman–Crippen LogP) is 5.95. The molecule has 0 heterocycles. The highest BCUT2D eigenvalue weighted by Crippen LogP contribution is 2.30. The highest BCUT2D eigenvalue weighted by Gasteiger charge is 2.36. The molecule has 11 nitrogen and oxygen atoms in total. The zero-order valence-electron chi connectivity index (χ0n) is 27.8. The van der Waals surface area contributed by atoms with E-state index in [4.69, 9.17) is 4.74 Å². The van der Waals surface area contributed by atoms with Crippen molar-refractivity contribution in [3.8, 4) is 5.75 Å². The molecule has 4 aromatic rings. The van der Waals surface area contributed by atoms with E-state index in [2.05, 4.69) is 5.32 Å². The molecule has 1 N–H and O–H groups in total. The Labute approximate surface area is 290 Å². The zero-order valence-corrected chi connectivity index (χ0v) is 28.6. The third-order valence-electron chi connectivity index (χ3n) is 8.84. The van der Waals surface area contributed by atoms with Gasteiger partial charge in [-0.2, -0.15) is 0 Å². The molecule has 0 saturated heterocycles. The van der Waals surface area contributed by atoms with Gasteiger partial charge in [0.1, 0.15) is 24.2 Å². The van der Waals surface area contributed by atoms with Crippen molar-refractivity contribution >= 4 is 33.2 Å². The van der Waals surface area contributed by atoms with Gasteiger partial charge in [-0.1, -0.05) is 61.4 Å². The lowest BCUT2D eigenvalue weighted by molar-refractivity contribution is -0.385. The lowest BCUT2D eigenvalue weighted by Gasteiger charge is -2.34. The molecule has 13 heteroatoms. The SMILES string of the molecule is COc1ccc(N(CC(=O)N(Cc2ccc(F)cc2)[C@@H](Cc2ccccc2)C(=O)NC2CCCC2)S(=O)(=O)c2ccc(C)c([N+](=O)[O-])c2)cc1. The van der Waals surface area contributed by atoms with E-state index in [1.165, 1.54) is 79.6 Å². The standard InChI is InChI=1S/C37H39FN4O7S/c1-26-12-21-33(23-34(26)42(45)46)50(47,48)41(31-17-19-32(49-2)20-18-31)25-36(43)40(24-28-13-15-29(38)16-14-28)35(22-27-8-4-3-5-9-27)37(44)39-30-10-6-7-11-30/h3-5,8-9,12-21,23,30,35H,6-7,10-11,22,24-25H2,1-2H3,(H,39,44)/t35-/m0/s1. The molecule has 0 radical (unpaired) electrons. The summed E-state index contributed by atoms with van der Waals surface area (Å²) < 4.78 is 48.7. The van der Waals surface area contributed by atoms with Crippen LogP contribution in [0.4, 0.5) is 15.8 Å². The highest BCUT2D eigenvalue weighted by atomic mass is 32.2. The van der Waals surface area contributed by atoms with E-state index >= 15 is 0 Å². The van der Waals surface area contributed by atoms with Gasteiger partial charge in [0.25, 0.3) is 15.7 Å². The van der Waals surface area contributed by atoms with Crippen molar-refractivity contribution in [1.29, 1.82) is 0 Å². The number of sulfonamides is 1. The van der Waals surface area contributed by atoms with Crippen molar-refractivity contribution in [3.63, 3.8) is 0 Å². The molecule has 0 bridgehead atoms. The Balaban J connectivity index is 1.59. The molecule has 1 aliphatic rings. The number of halogens is 1. The number of aryl methyl sites for hydroxylation is 1. The summed E-state index contributed by atoms with van der Waals surface area (Å²) in [6, 6.07) is 23.1. The largest absolute Gasteiger partial charge is 0.497 e. The molecule has 5 rings (SSSR count). The first kappa shape index (κ1) is 36.0. The summed E-state index contributed by atoms with van der Waals surface area (Å²) in [6.45, 7) is 0.622. The molecule has 1 atom stereocenters. The van der Waals surface area contributed by atoms with Crippen LogP contribution < -0.4 is 14.4 Å². The van der Waals surface area contributed by atoms with Crippen LogP contribution in [0, 0.1) is 22.9 Å². The number of ether oxygens (including phenoxy) is 1. The summed E-state index contributed by atoms with van der Waals surface area (Å²) in [6.07, 6.45) is 3.69. The van der Waals surface area contributed by atoms with Crippen molar-refractivity contribution in [3.05, 3.63) is 130 Å². The number of rotatable bonds is 14. The number of carbonyl (C=O) groups is 2. The van der Waals surface area contributed by atoms with Crippen molar-refractivity contribution in [2.24, 2.45) is 0 Å². The summed E-state index contributed by atoms with van der Waals surface area (Å²) in [5, 5.41) is 14.8. The fourth-order valence-electron chi connectivity index (χ4n) is 6.06. The number of methoxy groups -OCH3 is 1. The quantitative estimate of drug-likeness (QED) is 0.127. The normalized spacial score (nSPS) is 13.7. The zero-order chi connectivity index (χ0) is 35.8. The van der Waals surface area contributed by atoms with Crippen LogP contribution in [0.15, 0.2) is 102 Å². The summed E-state index contributed by atoms with van der Waals surface area (Å²) in [5.41, 5.74) is 1.28. The predicted molar refractivity (Wildman–Crippen MR) is 187 cm³/mol. The first-order valence-corrected chi connectivity index (χ1v) is 17.7. The number of nitrogens with one attached hydrogen (secondary N) is 1. The van der Waals surface area contributed by atoms with Crippen LogP contribution in [0.3, 0.4) is 0 Å². The third-order valence-corrected chi connectivity index (χ3v) is 10.6. The number of nitrogens with zero attached hydrogens (tertiary/aromatic N) is 3. The number of nitro groups is 1. The van der Waals surface area contributed by atoms with Gasteiger partial charge in [0.15, 0.2) is 0 Å². The maximum Gasteiger partial charge on any atom is 0.273 e. The smallest absolute Gasteiger partial charge is 0.273 e. The van der Waals surface area contributed by atoms with Gasteiger partial charge in [-0.05, 0) is 73.4 Å². The number of hydrogen-bond donors (Lipinski definition) is 1. The Kier molecular flexibility index (Phi) is 11.5. The second kappa shape index (κ2) is 15.9. The van der Waals surface area contributed by atoms with E-state index in [1.807, 2.05) is 30.3 Å². The van der Waals surface area contributed by atoms with Crippen LogP contribution in [0.5, 0.6) is 5.75 Å². The van der Waals surface area contributed by atoms with Crippen LogP contribution in [0.1, 0.15) is 42.4 Å². The second-order valence-electron chi connectivity index (χ2n) is 12.3. The van der Waals surface area contributed by atoms with Gasteiger partial charge in [0, 0.05) is 30.6 Å². The molecular weight excluding hydrogens is 663 g/mol. The number of nitro benzene ring substituents is 1. The summed E-state index contributed by atoms with van der Waals surface area (Å²) >= 11 is 0. The van der Waals surface area contributed by atoms with Crippen molar-refractivity contribution in [1.82, 2.24) is 10.2 Å². The van der Waals surface area contributed by atoms with Crippen LogP contribution in [-0.2, 0) is 32.6 Å². The molecule has 0 aliphatic heterocycles. The fraction of sp³-hybridized carbons (Fsp3) is 0.297. The van der Waals surface area contributed by atoms with Crippen molar-refractivity contribution in [2.75, 3.05) is 18.0 Å². The first-order chi connectivity index (χ1) is 24.0. The average molecular weight is 703 g/mol. The number of hydrogen-bond acceptors (Lipinski definition) is 7. The van der Waals surface area contributed by atoms with Gasteiger partial charge < -0.3 is 15.0 Å². The van der Waals surface area contributed by atoms with Gasteiger partial charge in [-0.25, -0.2) is 12.8 Å². The lowest BCUT2D eigenvalue weighted by atomic mass is 10.0. The maximum absolute atomic E-state index is 14.6. The van der Waals surface area contributed by atoms with Gasteiger partial charge in [-0.15, -0.1) is 0 Å². The van der Waals surface area contributed by atoms with Crippen molar-refractivity contribution < 1.29 is 32.1 Å². The second-order valence-corrected chi connectivity index (χ2v) is 14.1. The number of anilines is 1. The molecule has 262 valence electrons. The summed E-state index contributed by atoms with van der Waals surface area (Å²) in [4.78, 5) is 40.8. The van der Waals surface area contributed by atoms with Crippen LogP contribution in [0.25, 0.3) is 0 Å². The topological polar surface area (TPSA) is 139 Å². The fourth-order valence-corrected chi connectivity index (χ4v) is 7.49. The molecular formula is C37H39FN4O7S. The minimum Gasteiger partial charge on any atom is -0.497 e. The Hall–Kier alpha value is -5.30. The number of benzene rings is 4. The highest BCUT2D eigenvalue weighted by molar-refractivity contribution is 7.92. The maximum atomic E-state index is 14.6. The Morgan fingerprint density at radius 3 is 2.24 bits per heavy atom. The molecule has 1 saturated carbocycles. The van der Waals surface area contributed by atoms with Crippen molar-refractivity contribution in [2.45, 2.75) is 62.6 Å². The molecule has 0 spiro atoms. The van der Waals surface area contributed by atoms with Gasteiger partial charge in [0.2, 0.25) is 11.8 Å². The summed E-state index contributed by atoms with van der Waals surface area (Å²) in [7, 11) is -3.13. The van der Waals surface area contributed by atoms with E-state index in [0.717, 1.165) is 41.6 Å². The Morgan fingerprint density at radius 1 is 0.960 bits per heavy atom. The van der Waals surface area contributed by atoms with Gasteiger partial charge >= 0.3 is 0 Å². The number of amides is 2. The van der Waals surface area contributed by atoms with E-state index in [0.29, 0.717) is 11.3 Å². The Morgan fingerprint density at radius 2 is 1.62 bits per heavy atom. The third kappa shape index (κ3) is 8.64. The summed E-state index contributed by atoms with van der Waals surface area (Å²) in [5.74, 6) is -1.13. The molecule has 0 aromatic heterocycles. The van der Waals surface area contributed by atoms with Crippen LogP contribution >= 0.6 is 0 Å². The van der Waals surface area contributed by atoms with Crippen LogP contribution in [-0.4, -0.2) is 55.8 Å².